The van der Waals surface area contributed by atoms with Crippen molar-refractivity contribution in [1.82, 2.24) is 4.72 Å². The predicted molar refractivity (Wildman–Crippen MR) is 81.9 cm³/mol. The fraction of sp³-hybridized carbons (Fsp3) is 0.538. The average molecular weight is 381 g/mol. The summed E-state index contributed by atoms with van der Waals surface area (Å²) < 4.78 is 45.9. The number of nitrogens with one attached hydrogen (secondary N) is 1. The van der Waals surface area contributed by atoms with Crippen molar-refractivity contribution >= 4 is 31.6 Å². The van der Waals surface area contributed by atoms with Crippen molar-refractivity contribution in [2.45, 2.75) is 24.7 Å². The molecule has 1 fully saturated rings. The number of rotatable bonds is 4. The Balaban J connectivity index is 2.17. The van der Waals surface area contributed by atoms with Crippen LogP contribution in [0.2, 0.25) is 0 Å². The van der Waals surface area contributed by atoms with Crippen LogP contribution in [-0.2, 0) is 14.8 Å². The Kier molecular flexibility index (Phi) is 4.92. The highest BCUT2D eigenvalue weighted by Crippen LogP contribution is 2.30. The third-order valence-corrected chi connectivity index (χ3v) is 5.80. The first kappa shape index (κ1) is 16.7. The number of nitrogens with two attached hydrogens (primary N) is 1. The molecule has 0 unspecified atom stereocenters. The van der Waals surface area contributed by atoms with E-state index in [0.29, 0.717) is 19.8 Å². The van der Waals surface area contributed by atoms with Gasteiger partial charge in [-0.25, -0.2) is 17.5 Å². The minimum Gasteiger partial charge on any atom is -0.398 e. The predicted octanol–water partition coefficient (Wildman–Crippen LogP) is 2.27. The Morgan fingerprint density at radius 3 is 2.67 bits per heavy atom. The molecule has 21 heavy (non-hydrogen) atoms. The summed E-state index contributed by atoms with van der Waals surface area (Å²) in [5.41, 5.74) is 5.37. The Morgan fingerprint density at radius 2 is 2.05 bits per heavy atom. The molecule has 0 aromatic heterocycles. The number of nitrogen functional groups attached to an aromatic ring is 1. The minimum absolute atomic E-state index is 0.0642. The first-order valence-corrected chi connectivity index (χ1v) is 8.83. The molecule has 0 spiro atoms. The van der Waals surface area contributed by atoms with E-state index in [1.54, 1.807) is 0 Å². The molecule has 0 atom stereocenters. The lowest BCUT2D eigenvalue weighted by atomic mass is 9.83. The van der Waals surface area contributed by atoms with Gasteiger partial charge in [-0.1, -0.05) is 6.92 Å². The van der Waals surface area contributed by atoms with Crippen LogP contribution in [0.1, 0.15) is 19.8 Å². The van der Waals surface area contributed by atoms with Gasteiger partial charge in [0.1, 0.15) is 10.7 Å². The molecule has 0 aliphatic carbocycles. The highest BCUT2D eigenvalue weighted by molar-refractivity contribution is 9.10. The monoisotopic (exact) mass is 380 g/mol. The molecule has 1 heterocycles. The van der Waals surface area contributed by atoms with Crippen molar-refractivity contribution in [1.29, 1.82) is 0 Å². The maximum Gasteiger partial charge on any atom is 0.242 e. The molecular weight excluding hydrogens is 363 g/mol. The van der Waals surface area contributed by atoms with Gasteiger partial charge in [0, 0.05) is 19.8 Å². The van der Waals surface area contributed by atoms with Crippen LogP contribution in [0.15, 0.2) is 21.5 Å². The van der Waals surface area contributed by atoms with E-state index in [0.717, 1.165) is 18.9 Å². The molecule has 1 aliphatic rings. The Morgan fingerprint density at radius 1 is 1.43 bits per heavy atom. The largest absolute Gasteiger partial charge is 0.398 e. The molecular formula is C13H18BrFN2O3S. The van der Waals surface area contributed by atoms with Gasteiger partial charge in [-0.05, 0) is 46.3 Å². The molecule has 1 aromatic carbocycles. The lowest BCUT2D eigenvalue weighted by Gasteiger charge is -2.33. The van der Waals surface area contributed by atoms with E-state index in [9.17, 15) is 12.8 Å². The average Bonchev–Trinajstić information content (AvgIpc) is 2.42. The molecule has 0 saturated carbocycles. The van der Waals surface area contributed by atoms with Crippen LogP contribution < -0.4 is 10.5 Å². The zero-order valence-electron chi connectivity index (χ0n) is 11.7. The molecule has 0 bridgehead atoms. The van der Waals surface area contributed by atoms with Gasteiger partial charge in [-0.3, -0.25) is 0 Å². The third-order valence-electron chi connectivity index (χ3n) is 3.73. The summed E-state index contributed by atoms with van der Waals surface area (Å²) in [6, 6.07) is 2.17. The van der Waals surface area contributed by atoms with Gasteiger partial charge in [0.15, 0.2) is 0 Å². The van der Waals surface area contributed by atoms with Gasteiger partial charge < -0.3 is 10.5 Å². The fourth-order valence-corrected chi connectivity index (χ4v) is 4.00. The van der Waals surface area contributed by atoms with Crippen molar-refractivity contribution in [2.24, 2.45) is 5.41 Å². The zero-order chi connectivity index (χ0) is 15.7. The smallest absolute Gasteiger partial charge is 0.242 e. The van der Waals surface area contributed by atoms with Gasteiger partial charge in [0.05, 0.1) is 10.2 Å². The van der Waals surface area contributed by atoms with Crippen molar-refractivity contribution in [3.8, 4) is 0 Å². The molecule has 118 valence electrons. The maximum absolute atomic E-state index is 13.3. The summed E-state index contributed by atoms with van der Waals surface area (Å²) >= 11 is 2.97. The van der Waals surface area contributed by atoms with E-state index < -0.39 is 15.8 Å². The van der Waals surface area contributed by atoms with E-state index in [1.165, 1.54) is 6.07 Å². The molecule has 0 amide bonds. The SMILES string of the molecule is CC1(CNS(=O)(=O)c2cc(Br)c(F)cc2N)CCOCC1. The van der Waals surface area contributed by atoms with Crippen LogP contribution in [0, 0.1) is 11.2 Å². The first-order valence-electron chi connectivity index (χ1n) is 6.55. The second-order valence-corrected chi connectivity index (χ2v) is 8.14. The lowest BCUT2D eigenvalue weighted by molar-refractivity contribution is 0.0265. The number of benzene rings is 1. The fourth-order valence-electron chi connectivity index (χ4n) is 2.16. The molecule has 5 nitrogen and oxygen atoms in total. The standard InChI is InChI=1S/C13H18BrFN2O3S/c1-13(2-4-20-5-3-13)8-17-21(18,19)12-6-9(14)10(15)7-11(12)16/h6-7,17H,2-5,8,16H2,1H3. The maximum atomic E-state index is 13.3. The summed E-state index contributed by atoms with van der Waals surface area (Å²) in [5, 5.41) is 0. The van der Waals surface area contributed by atoms with Crippen LogP contribution in [0.5, 0.6) is 0 Å². The van der Waals surface area contributed by atoms with Crippen molar-refractivity contribution in [2.75, 3.05) is 25.5 Å². The summed E-state index contributed by atoms with van der Waals surface area (Å²) in [6.07, 6.45) is 1.58. The second kappa shape index (κ2) is 6.20. The van der Waals surface area contributed by atoms with Crippen molar-refractivity contribution in [3.05, 3.63) is 22.4 Å². The van der Waals surface area contributed by atoms with E-state index >= 15 is 0 Å². The molecule has 2 rings (SSSR count). The van der Waals surface area contributed by atoms with Crippen LogP contribution in [-0.4, -0.2) is 28.2 Å². The minimum atomic E-state index is -3.78. The van der Waals surface area contributed by atoms with Crippen LogP contribution in [0.3, 0.4) is 0 Å². The number of sulfonamides is 1. The third kappa shape index (κ3) is 3.94. The summed E-state index contributed by atoms with van der Waals surface area (Å²) in [7, 11) is -3.78. The molecule has 3 N–H and O–H groups in total. The molecule has 1 aliphatic heterocycles. The first-order chi connectivity index (χ1) is 9.73. The highest BCUT2D eigenvalue weighted by atomic mass is 79.9. The van der Waals surface area contributed by atoms with Gasteiger partial charge in [0.2, 0.25) is 10.0 Å². The van der Waals surface area contributed by atoms with E-state index in [2.05, 4.69) is 20.7 Å². The molecule has 1 aromatic rings. The number of hydrogen-bond acceptors (Lipinski definition) is 4. The van der Waals surface area contributed by atoms with Crippen LogP contribution in [0.25, 0.3) is 0 Å². The Labute approximate surface area is 132 Å². The number of hydrogen-bond donors (Lipinski definition) is 2. The van der Waals surface area contributed by atoms with E-state index in [4.69, 9.17) is 10.5 Å². The lowest BCUT2D eigenvalue weighted by Crippen LogP contribution is -2.39. The highest BCUT2D eigenvalue weighted by Gasteiger charge is 2.30. The normalized spacial score (nSPS) is 18.6. The molecule has 1 saturated heterocycles. The Hall–Kier alpha value is -0.700. The Bertz CT molecular complexity index is 631. The van der Waals surface area contributed by atoms with E-state index in [-0.39, 0.29) is 20.5 Å². The summed E-state index contributed by atoms with van der Waals surface area (Å²) in [6.45, 7) is 3.57. The van der Waals surface area contributed by atoms with E-state index in [1.807, 2.05) is 6.92 Å². The summed E-state index contributed by atoms with van der Waals surface area (Å²) in [5.74, 6) is -0.595. The van der Waals surface area contributed by atoms with Crippen molar-refractivity contribution in [3.63, 3.8) is 0 Å². The van der Waals surface area contributed by atoms with Gasteiger partial charge in [-0.2, -0.15) is 0 Å². The second-order valence-electron chi connectivity index (χ2n) is 5.55. The molecule has 0 radical (unpaired) electrons. The topological polar surface area (TPSA) is 81.4 Å². The number of ether oxygens (including phenoxy) is 1. The molecule has 8 heteroatoms. The van der Waals surface area contributed by atoms with Gasteiger partial charge in [0.25, 0.3) is 0 Å². The van der Waals surface area contributed by atoms with Crippen molar-refractivity contribution < 1.29 is 17.5 Å². The van der Waals surface area contributed by atoms with Gasteiger partial charge >= 0.3 is 0 Å². The van der Waals surface area contributed by atoms with Gasteiger partial charge in [-0.15, -0.1) is 0 Å². The number of anilines is 1. The quantitative estimate of drug-likeness (QED) is 0.784. The summed E-state index contributed by atoms with van der Waals surface area (Å²) in [4.78, 5) is -0.119. The zero-order valence-corrected chi connectivity index (χ0v) is 14.1. The van der Waals surface area contributed by atoms with Crippen LogP contribution >= 0.6 is 15.9 Å². The number of halogens is 2. The van der Waals surface area contributed by atoms with Crippen LogP contribution in [0.4, 0.5) is 10.1 Å².